The Morgan fingerprint density at radius 2 is 1.50 bits per heavy atom. The molecule has 0 saturated heterocycles. The zero-order valence-corrected chi connectivity index (χ0v) is 4.72. The van der Waals surface area contributed by atoms with Gasteiger partial charge in [0, 0.05) is 0 Å². The van der Waals surface area contributed by atoms with E-state index in [1.165, 1.54) is 0 Å². The SMILES string of the molecule is C=C(F)C(F)F.O=C(O)O. The topological polar surface area (TPSA) is 57.5 Å². The molecule has 0 radical (unpaired) electrons. The molecule has 2 N–H and O–H groups in total. The summed E-state index contributed by atoms with van der Waals surface area (Å²) in [6.07, 6.45) is -4.84. The number of halogens is 3. The minimum atomic E-state index is -3.01. The van der Waals surface area contributed by atoms with Gasteiger partial charge in [-0.2, -0.15) is 0 Å². The van der Waals surface area contributed by atoms with Crippen LogP contribution in [0.4, 0.5) is 18.0 Å². The summed E-state index contributed by atoms with van der Waals surface area (Å²) < 4.78 is 32.2. The highest BCUT2D eigenvalue weighted by Gasteiger charge is 2.03. The van der Waals surface area contributed by atoms with Crippen LogP contribution in [0, 0.1) is 0 Å². The maximum absolute atomic E-state index is 10.9. The molecule has 0 fully saturated rings. The van der Waals surface area contributed by atoms with Crippen molar-refractivity contribution in [2.24, 2.45) is 0 Å². The molecule has 0 heterocycles. The molecule has 0 bridgehead atoms. The third-order valence-corrected chi connectivity index (χ3v) is 0.237. The molecular weight excluding hydrogens is 153 g/mol. The predicted molar refractivity (Wildman–Crippen MR) is 26.9 cm³/mol. The lowest BCUT2D eigenvalue weighted by atomic mass is 10.6. The van der Waals surface area contributed by atoms with E-state index in [4.69, 9.17) is 15.0 Å². The Bertz CT molecular complexity index is 119. The third-order valence-electron chi connectivity index (χ3n) is 0.237. The van der Waals surface area contributed by atoms with Crippen molar-refractivity contribution in [3.63, 3.8) is 0 Å². The standard InChI is InChI=1S/C3H3F3.CH2O3/c1-2(4)3(5)6;2-1(3)4/h3H,1H2;(H2,2,3,4). The van der Waals surface area contributed by atoms with Gasteiger partial charge < -0.3 is 10.2 Å². The average molecular weight is 158 g/mol. The minimum absolute atomic E-state index is 1.57. The lowest BCUT2D eigenvalue weighted by Gasteiger charge is -1.84. The molecule has 0 aromatic rings. The minimum Gasteiger partial charge on any atom is -0.450 e. The Morgan fingerprint density at radius 1 is 1.40 bits per heavy atom. The average Bonchev–Trinajstić information content (AvgIpc) is 1.63. The maximum atomic E-state index is 10.9. The van der Waals surface area contributed by atoms with Crippen LogP contribution in [-0.2, 0) is 0 Å². The van der Waals surface area contributed by atoms with E-state index in [2.05, 4.69) is 6.58 Å². The molecule has 0 amide bonds. The largest absolute Gasteiger partial charge is 0.503 e. The molecule has 10 heavy (non-hydrogen) atoms. The van der Waals surface area contributed by atoms with Crippen LogP contribution in [0.2, 0.25) is 0 Å². The van der Waals surface area contributed by atoms with E-state index in [9.17, 15) is 13.2 Å². The number of hydrogen-bond donors (Lipinski definition) is 2. The van der Waals surface area contributed by atoms with E-state index in [1.807, 2.05) is 0 Å². The summed E-state index contributed by atoms with van der Waals surface area (Å²) in [4.78, 5) is 8.56. The van der Waals surface area contributed by atoms with Gasteiger partial charge in [-0.05, 0) is 0 Å². The van der Waals surface area contributed by atoms with Crippen molar-refractivity contribution in [2.45, 2.75) is 6.43 Å². The maximum Gasteiger partial charge on any atom is 0.503 e. The third kappa shape index (κ3) is 29.2. The molecular formula is C4H5F3O3. The Labute approximate surface area is 54.4 Å². The highest BCUT2D eigenvalue weighted by atomic mass is 19.3. The molecule has 0 saturated carbocycles. The molecule has 0 aliphatic carbocycles. The van der Waals surface area contributed by atoms with Crippen molar-refractivity contribution >= 4 is 6.16 Å². The lowest BCUT2D eigenvalue weighted by Crippen LogP contribution is -1.85. The molecule has 0 rings (SSSR count). The summed E-state index contributed by atoms with van der Waals surface area (Å²) in [7, 11) is 0. The Hall–Kier alpha value is -1.20. The Kier molecular flexibility index (Phi) is 6.86. The van der Waals surface area contributed by atoms with Crippen LogP contribution in [0.3, 0.4) is 0 Å². The molecule has 0 aliphatic rings. The van der Waals surface area contributed by atoms with Gasteiger partial charge in [0.05, 0.1) is 0 Å². The summed E-state index contributed by atoms with van der Waals surface area (Å²) in [6.45, 7) is 2.34. The van der Waals surface area contributed by atoms with Gasteiger partial charge in [0.25, 0.3) is 6.43 Å². The van der Waals surface area contributed by atoms with Crippen molar-refractivity contribution in [3.05, 3.63) is 12.4 Å². The fraction of sp³-hybridized carbons (Fsp3) is 0.250. The van der Waals surface area contributed by atoms with Crippen molar-refractivity contribution in [1.82, 2.24) is 0 Å². The van der Waals surface area contributed by atoms with Crippen molar-refractivity contribution < 1.29 is 28.2 Å². The zero-order chi connectivity index (χ0) is 8.73. The molecule has 0 aromatic carbocycles. The van der Waals surface area contributed by atoms with E-state index in [-0.39, 0.29) is 0 Å². The molecule has 6 heteroatoms. The number of carbonyl (C=O) groups is 1. The van der Waals surface area contributed by atoms with E-state index >= 15 is 0 Å². The van der Waals surface area contributed by atoms with E-state index < -0.39 is 18.4 Å². The summed E-state index contributed by atoms with van der Waals surface area (Å²) in [5.41, 5.74) is 0. The summed E-state index contributed by atoms with van der Waals surface area (Å²) in [5.74, 6) is -1.57. The van der Waals surface area contributed by atoms with Crippen molar-refractivity contribution in [2.75, 3.05) is 0 Å². The predicted octanol–water partition coefficient (Wildman–Crippen LogP) is 1.96. The normalized spacial score (nSPS) is 8.00. The van der Waals surface area contributed by atoms with E-state index in [0.717, 1.165) is 0 Å². The van der Waals surface area contributed by atoms with Gasteiger partial charge in [0.2, 0.25) is 0 Å². The molecule has 0 spiro atoms. The van der Waals surface area contributed by atoms with E-state index in [0.29, 0.717) is 0 Å². The quantitative estimate of drug-likeness (QED) is 0.613. The van der Waals surface area contributed by atoms with Crippen molar-refractivity contribution in [3.8, 4) is 0 Å². The van der Waals surface area contributed by atoms with Crippen molar-refractivity contribution in [1.29, 1.82) is 0 Å². The molecule has 0 aromatic heterocycles. The fourth-order valence-corrected chi connectivity index (χ4v) is 0. The van der Waals surface area contributed by atoms with E-state index in [1.54, 1.807) is 0 Å². The monoisotopic (exact) mass is 158 g/mol. The highest BCUT2D eigenvalue weighted by Crippen LogP contribution is 2.04. The number of rotatable bonds is 1. The first kappa shape index (κ1) is 11.6. The summed E-state index contributed by atoms with van der Waals surface area (Å²) >= 11 is 0. The number of carboxylic acid groups (broad SMARTS) is 2. The van der Waals surface area contributed by atoms with Gasteiger partial charge in [-0.15, -0.1) is 0 Å². The summed E-state index contributed by atoms with van der Waals surface area (Å²) in [6, 6.07) is 0. The van der Waals surface area contributed by atoms with Gasteiger partial charge in [0.15, 0.2) is 5.83 Å². The van der Waals surface area contributed by atoms with Crippen LogP contribution in [0.1, 0.15) is 0 Å². The number of alkyl halides is 2. The first-order chi connectivity index (χ1) is 4.37. The first-order valence-electron chi connectivity index (χ1n) is 1.92. The Morgan fingerprint density at radius 3 is 1.50 bits per heavy atom. The molecule has 0 unspecified atom stereocenters. The van der Waals surface area contributed by atoms with Gasteiger partial charge in [-0.3, -0.25) is 0 Å². The highest BCUT2D eigenvalue weighted by molar-refractivity contribution is 5.53. The van der Waals surface area contributed by atoms with Gasteiger partial charge in [0.1, 0.15) is 0 Å². The lowest BCUT2D eigenvalue weighted by molar-refractivity contribution is 0.137. The fourth-order valence-electron chi connectivity index (χ4n) is 0. The zero-order valence-electron chi connectivity index (χ0n) is 4.72. The smallest absolute Gasteiger partial charge is 0.450 e. The number of allylic oxidation sites excluding steroid dienone is 1. The van der Waals surface area contributed by atoms with Gasteiger partial charge >= 0.3 is 6.16 Å². The first-order valence-corrected chi connectivity index (χ1v) is 1.92. The molecule has 0 aliphatic heterocycles. The van der Waals surface area contributed by atoms with Crippen LogP contribution in [-0.4, -0.2) is 22.8 Å². The molecule has 0 atom stereocenters. The van der Waals surface area contributed by atoms with Gasteiger partial charge in [-0.25, -0.2) is 18.0 Å². The van der Waals surface area contributed by atoms with Crippen LogP contribution in [0.5, 0.6) is 0 Å². The molecule has 60 valence electrons. The Balaban J connectivity index is 0. The molecule has 3 nitrogen and oxygen atoms in total. The second kappa shape index (κ2) is 5.93. The number of hydrogen-bond acceptors (Lipinski definition) is 1. The summed E-state index contributed by atoms with van der Waals surface area (Å²) in [5, 5.41) is 13.9. The second-order valence-corrected chi connectivity index (χ2v) is 1.03. The second-order valence-electron chi connectivity index (χ2n) is 1.03. The van der Waals surface area contributed by atoms with Crippen LogP contribution in [0.25, 0.3) is 0 Å². The van der Waals surface area contributed by atoms with Gasteiger partial charge in [-0.1, -0.05) is 6.58 Å². The van der Waals surface area contributed by atoms with Crippen LogP contribution >= 0.6 is 0 Å². The van der Waals surface area contributed by atoms with Crippen LogP contribution in [0.15, 0.2) is 12.4 Å². The van der Waals surface area contributed by atoms with Crippen LogP contribution < -0.4 is 0 Å².